The van der Waals surface area contributed by atoms with Crippen molar-refractivity contribution < 1.29 is 14.7 Å². The minimum absolute atomic E-state index is 0.0146. The second-order valence-electron chi connectivity index (χ2n) is 7.38. The van der Waals surface area contributed by atoms with Crippen LogP contribution in [0.3, 0.4) is 0 Å². The van der Waals surface area contributed by atoms with E-state index < -0.39 is 5.60 Å². The van der Waals surface area contributed by atoms with Gasteiger partial charge in [-0.1, -0.05) is 19.3 Å². The topological polar surface area (TPSA) is 69.6 Å². The van der Waals surface area contributed by atoms with Crippen LogP contribution in [0.15, 0.2) is 0 Å². The van der Waals surface area contributed by atoms with Crippen molar-refractivity contribution in [2.24, 2.45) is 5.92 Å². The van der Waals surface area contributed by atoms with Crippen molar-refractivity contribution >= 4 is 11.8 Å². The molecule has 1 aliphatic carbocycles. The first-order valence-electron chi connectivity index (χ1n) is 8.66. The Labute approximate surface area is 133 Å². The van der Waals surface area contributed by atoms with Crippen molar-refractivity contribution in [3.05, 3.63) is 0 Å². The Morgan fingerprint density at radius 1 is 1.14 bits per heavy atom. The molecule has 5 nitrogen and oxygen atoms in total. The van der Waals surface area contributed by atoms with Gasteiger partial charge in [-0.05, 0) is 45.4 Å². The van der Waals surface area contributed by atoms with Crippen LogP contribution >= 0.6 is 0 Å². The molecule has 0 aromatic heterocycles. The lowest BCUT2D eigenvalue weighted by Gasteiger charge is -2.33. The van der Waals surface area contributed by atoms with E-state index >= 15 is 0 Å². The molecule has 0 bridgehead atoms. The highest BCUT2D eigenvalue weighted by Crippen LogP contribution is 2.27. The van der Waals surface area contributed by atoms with Gasteiger partial charge in [0, 0.05) is 13.0 Å². The quantitative estimate of drug-likeness (QED) is 0.814. The fraction of sp³-hybridized carbons (Fsp3) is 0.882. The number of hydrogen-bond donors (Lipinski definition) is 2. The Morgan fingerprint density at radius 3 is 2.45 bits per heavy atom. The molecule has 2 rings (SSSR count). The lowest BCUT2D eigenvalue weighted by atomic mass is 9.87. The van der Waals surface area contributed by atoms with E-state index in [1.807, 2.05) is 0 Å². The fourth-order valence-corrected chi connectivity index (χ4v) is 3.80. The summed E-state index contributed by atoms with van der Waals surface area (Å²) in [6.07, 6.45) is 8.27. The SMILES string of the molecule is CC(C)(O)C1CCCN1C(=O)CNC(=O)CC1CCCCC1. The summed E-state index contributed by atoms with van der Waals surface area (Å²) in [4.78, 5) is 26.0. The van der Waals surface area contributed by atoms with Crippen LogP contribution in [0.2, 0.25) is 0 Å². The van der Waals surface area contributed by atoms with Crippen LogP contribution in [-0.4, -0.2) is 46.6 Å². The van der Waals surface area contributed by atoms with Crippen molar-refractivity contribution in [3.8, 4) is 0 Å². The molecule has 126 valence electrons. The van der Waals surface area contributed by atoms with Gasteiger partial charge < -0.3 is 15.3 Å². The Bertz CT molecular complexity index is 397. The standard InChI is InChI=1S/C17H30N2O3/c1-17(2,22)14-9-6-10-19(14)16(21)12-18-15(20)11-13-7-4-3-5-8-13/h13-14,22H,3-12H2,1-2H3,(H,18,20). The molecular weight excluding hydrogens is 280 g/mol. The Kier molecular flexibility index (Phi) is 5.84. The molecule has 1 unspecified atom stereocenters. The van der Waals surface area contributed by atoms with Crippen molar-refractivity contribution in [2.75, 3.05) is 13.1 Å². The molecule has 0 aromatic carbocycles. The molecule has 2 aliphatic rings. The van der Waals surface area contributed by atoms with Crippen LogP contribution in [0, 0.1) is 5.92 Å². The van der Waals surface area contributed by atoms with E-state index in [-0.39, 0.29) is 24.4 Å². The minimum atomic E-state index is -0.891. The average Bonchev–Trinajstić information content (AvgIpc) is 2.95. The Hall–Kier alpha value is -1.10. The van der Waals surface area contributed by atoms with Gasteiger partial charge in [-0.15, -0.1) is 0 Å². The third-order valence-electron chi connectivity index (χ3n) is 5.02. The number of likely N-dealkylation sites (tertiary alicyclic amines) is 1. The predicted molar refractivity (Wildman–Crippen MR) is 85.2 cm³/mol. The van der Waals surface area contributed by atoms with Gasteiger partial charge in [-0.25, -0.2) is 0 Å². The van der Waals surface area contributed by atoms with Crippen molar-refractivity contribution in [1.29, 1.82) is 0 Å². The molecule has 2 N–H and O–H groups in total. The van der Waals surface area contributed by atoms with E-state index in [2.05, 4.69) is 5.32 Å². The highest BCUT2D eigenvalue weighted by Gasteiger charge is 2.38. The lowest BCUT2D eigenvalue weighted by Crippen LogP contribution is -2.50. The van der Waals surface area contributed by atoms with E-state index in [0.29, 0.717) is 18.9 Å². The fourth-order valence-electron chi connectivity index (χ4n) is 3.80. The van der Waals surface area contributed by atoms with Crippen LogP contribution in [-0.2, 0) is 9.59 Å². The van der Waals surface area contributed by atoms with Gasteiger partial charge in [0.25, 0.3) is 0 Å². The molecule has 1 saturated heterocycles. The second-order valence-corrected chi connectivity index (χ2v) is 7.38. The predicted octanol–water partition coefficient (Wildman–Crippen LogP) is 1.83. The largest absolute Gasteiger partial charge is 0.388 e. The van der Waals surface area contributed by atoms with E-state index in [4.69, 9.17) is 0 Å². The molecular formula is C17H30N2O3. The maximum absolute atomic E-state index is 12.3. The molecule has 1 saturated carbocycles. The zero-order valence-electron chi connectivity index (χ0n) is 13.9. The van der Waals surface area contributed by atoms with Gasteiger partial charge in [0.15, 0.2) is 0 Å². The van der Waals surface area contributed by atoms with E-state index in [1.165, 1.54) is 19.3 Å². The molecule has 2 fully saturated rings. The maximum Gasteiger partial charge on any atom is 0.242 e. The molecule has 5 heteroatoms. The number of nitrogens with zero attached hydrogens (tertiary/aromatic N) is 1. The van der Waals surface area contributed by atoms with Gasteiger partial charge in [0.2, 0.25) is 11.8 Å². The summed E-state index contributed by atoms with van der Waals surface area (Å²) in [6, 6.07) is -0.143. The lowest BCUT2D eigenvalue weighted by molar-refractivity contribution is -0.137. The summed E-state index contributed by atoms with van der Waals surface area (Å²) in [7, 11) is 0. The molecule has 0 radical (unpaired) electrons. The normalized spacial score (nSPS) is 23.6. The first kappa shape index (κ1) is 17.3. The van der Waals surface area contributed by atoms with E-state index in [0.717, 1.165) is 25.7 Å². The van der Waals surface area contributed by atoms with E-state index in [9.17, 15) is 14.7 Å². The van der Waals surface area contributed by atoms with Crippen molar-refractivity contribution in [2.45, 2.75) is 76.9 Å². The van der Waals surface area contributed by atoms with Gasteiger partial charge in [-0.3, -0.25) is 9.59 Å². The Balaban J connectivity index is 1.75. The van der Waals surface area contributed by atoms with Gasteiger partial charge in [-0.2, -0.15) is 0 Å². The molecule has 22 heavy (non-hydrogen) atoms. The number of nitrogens with one attached hydrogen (secondary N) is 1. The first-order chi connectivity index (χ1) is 10.4. The zero-order valence-corrected chi connectivity index (χ0v) is 13.9. The number of aliphatic hydroxyl groups is 1. The van der Waals surface area contributed by atoms with E-state index in [1.54, 1.807) is 18.7 Å². The summed E-state index contributed by atoms with van der Waals surface area (Å²) in [5, 5.41) is 12.9. The van der Waals surface area contributed by atoms with Crippen LogP contribution in [0.25, 0.3) is 0 Å². The number of carbonyl (C=O) groups excluding carboxylic acids is 2. The summed E-state index contributed by atoms with van der Waals surface area (Å²) in [5.74, 6) is 0.389. The number of carbonyl (C=O) groups is 2. The average molecular weight is 310 g/mol. The third kappa shape index (κ3) is 4.70. The Morgan fingerprint density at radius 2 is 1.82 bits per heavy atom. The van der Waals surface area contributed by atoms with Gasteiger partial charge >= 0.3 is 0 Å². The number of rotatable bonds is 5. The van der Waals surface area contributed by atoms with Crippen LogP contribution in [0.5, 0.6) is 0 Å². The molecule has 2 amide bonds. The molecule has 1 heterocycles. The maximum atomic E-state index is 12.3. The second kappa shape index (κ2) is 7.44. The van der Waals surface area contributed by atoms with Crippen molar-refractivity contribution in [3.63, 3.8) is 0 Å². The summed E-state index contributed by atoms with van der Waals surface area (Å²) in [6.45, 7) is 4.21. The smallest absolute Gasteiger partial charge is 0.242 e. The monoisotopic (exact) mass is 310 g/mol. The summed E-state index contributed by atoms with van der Waals surface area (Å²) < 4.78 is 0. The van der Waals surface area contributed by atoms with Crippen molar-refractivity contribution in [1.82, 2.24) is 10.2 Å². The highest BCUT2D eigenvalue weighted by molar-refractivity contribution is 5.85. The first-order valence-corrected chi connectivity index (χ1v) is 8.66. The third-order valence-corrected chi connectivity index (χ3v) is 5.02. The molecule has 0 spiro atoms. The van der Waals surface area contributed by atoms with Crippen LogP contribution in [0.4, 0.5) is 0 Å². The minimum Gasteiger partial charge on any atom is -0.388 e. The van der Waals surface area contributed by atoms with Crippen LogP contribution in [0.1, 0.15) is 65.2 Å². The van der Waals surface area contributed by atoms with Crippen LogP contribution < -0.4 is 5.32 Å². The van der Waals surface area contributed by atoms with Gasteiger partial charge in [0.05, 0.1) is 18.2 Å². The molecule has 0 aromatic rings. The molecule has 1 atom stereocenters. The number of amides is 2. The molecule has 1 aliphatic heterocycles. The summed E-state index contributed by atoms with van der Waals surface area (Å²) >= 11 is 0. The highest BCUT2D eigenvalue weighted by atomic mass is 16.3. The zero-order chi connectivity index (χ0) is 16.2. The number of hydrogen-bond acceptors (Lipinski definition) is 3. The summed E-state index contributed by atoms with van der Waals surface area (Å²) in [5.41, 5.74) is -0.891. The van der Waals surface area contributed by atoms with Gasteiger partial charge in [0.1, 0.15) is 0 Å².